The van der Waals surface area contributed by atoms with Crippen LogP contribution < -0.4 is 10.6 Å². The second-order valence-electron chi connectivity index (χ2n) is 14.0. The van der Waals surface area contributed by atoms with Gasteiger partial charge in [-0.05, 0) is 98.9 Å². The molecule has 12 nitrogen and oxygen atoms in total. The molecule has 5 heterocycles. The van der Waals surface area contributed by atoms with Crippen molar-refractivity contribution in [3.63, 3.8) is 0 Å². The van der Waals surface area contributed by atoms with Gasteiger partial charge in [0.25, 0.3) is 0 Å². The Kier molecular flexibility index (Phi) is 13.5. The standard InChI is InChI=1S/C16H15F3N4O.C14H12BrF3N4O.C8H15BO2/c1-2-11-9-21-15-14(20-6-3-7-24)22-12-8-10(16(17,18)19)4-5-13(12)23(11)15;15-11-7-20-13-12(19-4-1-5-23)21-9-6-8(14(16,17)18)2-3-10(9)22(11)13;1-6-9-10-7(2,3)8(4,5)11-9/h2,4-5,8-9,24H,1,3,6-7H2,(H,20,22);2-3,6-7,23H,1,4-5H2,(H,19,21);6H,1H2,2-5H3. The smallest absolute Gasteiger partial charge is 0.400 e. The van der Waals surface area contributed by atoms with E-state index in [0.29, 0.717) is 70.2 Å². The number of halogens is 7. The van der Waals surface area contributed by atoms with E-state index in [9.17, 15) is 26.3 Å². The van der Waals surface area contributed by atoms with Crippen LogP contribution in [0.25, 0.3) is 39.4 Å². The van der Waals surface area contributed by atoms with Crippen molar-refractivity contribution in [2.24, 2.45) is 0 Å². The summed E-state index contributed by atoms with van der Waals surface area (Å²) >= 11 is 3.34. The summed E-state index contributed by atoms with van der Waals surface area (Å²) in [5.74, 6) is 2.41. The molecule has 0 spiro atoms. The summed E-state index contributed by atoms with van der Waals surface area (Å²) in [5.41, 5.74) is 1.11. The zero-order valence-corrected chi connectivity index (χ0v) is 33.6. The van der Waals surface area contributed by atoms with Gasteiger partial charge in [-0.1, -0.05) is 12.6 Å². The molecule has 7 rings (SSSR count). The van der Waals surface area contributed by atoms with Crippen molar-refractivity contribution in [1.29, 1.82) is 0 Å². The molecule has 310 valence electrons. The van der Waals surface area contributed by atoms with E-state index >= 15 is 0 Å². The van der Waals surface area contributed by atoms with Crippen molar-refractivity contribution in [1.82, 2.24) is 28.7 Å². The van der Waals surface area contributed by atoms with Gasteiger partial charge in [-0.2, -0.15) is 26.3 Å². The van der Waals surface area contributed by atoms with Crippen molar-refractivity contribution in [3.05, 3.63) is 89.3 Å². The van der Waals surface area contributed by atoms with E-state index in [0.717, 1.165) is 24.3 Å². The Labute approximate surface area is 338 Å². The van der Waals surface area contributed by atoms with Gasteiger partial charge in [0.05, 0.1) is 62.5 Å². The zero-order chi connectivity index (χ0) is 42.6. The number of hydrogen-bond donors (Lipinski definition) is 4. The van der Waals surface area contributed by atoms with Crippen LogP contribution in [0.1, 0.15) is 57.4 Å². The van der Waals surface area contributed by atoms with Crippen LogP contribution in [0.4, 0.5) is 38.0 Å². The van der Waals surface area contributed by atoms with Crippen LogP contribution in [0.5, 0.6) is 0 Å². The number of rotatable bonds is 10. The molecule has 0 amide bonds. The van der Waals surface area contributed by atoms with Gasteiger partial charge in [0.15, 0.2) is 22.9 Å². The van der Waals surface area contributed by atoms with Crippen LogP contribution in [-0.4, -0.2) is 83.6 Å². The summed E-state index contributed by atoms with van der Waals surface area (Å²) in [6.07, 6.45) is -3.16. The lowest BCUT2D eigenvalue weighted by Crippen LogP contribution is -2.41. The highest BCUT2D eigenvalue weighted by molar-refractivity contribution is 9.10. The van der Waals surface area contributed by atoms with E-state index in [2.05, 4.69) is 59.7 Å². The summed E-state index contributed by atoms with van der Waals surface area (Å²) in [4.78, 5) is 17.0. The van der Waals surface area contributed by atoms with Crippen molar-refractivity contribution in [3.8, 4) is 0 Å². The van der Waals surface area contributed by atoms with Gasteiger partial charge in [0.2, 0.25) is 0 Å². The maximum Gasteiger partial charge on any atom is 0.486 e. The lowest BCUT2D eigenvalue weighted by molar-refractivity contribution is -0.138. The quantitative estimate of drug-likeness (QED) is 0.0601. The number of alkyl halides is 6. The Bertz CT molecular complexity index is 2400. The second kappa shape index (κ2) is 17.6. The van der Waals surface area contributed by atoms with Gasteiger partial charge in [-0.25, -0.2) is 19.9 Å². The van der Waals surface area contributed by atoms with E-state index in [1.54, 1.807) is 33.2 Å². The number of anilines is 2. The fourth-order valence-electron chi connectivity index (χ4n) is 5.75. The summed E-state index contributed by atoms with van der Waals surface area (Å²) in [6.45, 7) is 16.3. The molecule has 1 fully saturated rings. The molecule has 6 aromatic rings. The lowest BCUT2D eigenvalue weighted by Gasteiger charge is -2.32. The predicted molar refractivity (Wildman–Crippen MR) is 215 cm³/mol. The topological polar surface area (TPSA) is 143 Å². The molecule has 4 aromatic heterocycles. The highest BCUT2D eigenvalue weighted by Gasteiger charge is 2.49. The lowest BCUT2D eigenvalue weighted by atomic mass is 9.90. The summed E-state index contributed by atoms with van der Waals surface area (Å²) in [5, 5.41) is 23.7. The first-order valence-corrected chi connectivity index (χ1v) is 18.8. The first-order chi connectivity index (χ1) is 27.3. The largest absolute Gasteiger partial charge is 0.486 e. The van der Waals surface area contributed by atoms with Crippen LogP contribution >= 0.6 is 15.9 Å². The first kappa shape index (κ1) is 44.3. The highest BCUT2D eigenvalue weighted by Crippen LogP contribution is 2.37. The number of aliphatic hydroxyl groups is 2. The van der Waals surface area contributed by atoms with E-state index in [-0.39, 0.29) is 42.6 Å². The minimum absolute atomic E-state index is 0.00143. The average Bonchev–Trinajstić information content (AvgIpc) is 3.84. The van der Waals surface area contributed by atoms with Crippen LogP contribution in [0, 0.1) is 0 Å². The molecular weight excluding hydrogens is 837 g/mol. The molecule has 1 aliphatic heterocycles. The van der Waals surface area contributed by atoms with Gasteiger partial charge in [0, 0.05) is 26.3 Å². The maximum atomic E-state index is 13.0. The van der Waals surface area contributed by atoms with Crippen LogP contribution in [0.3, 0.4) is 0 Å². The summed E-state index contributed by atoms with van der Waals surface area (Å²) < 4.78 is 92.7. The number of imidazole rings is 2. The van der Waals surface area contributed by atoms with Crippen molar-refractivity contribution >= 4 is 74.1 Å². The van der Waals surface area contributed by atoms with E-state index in [1.165, 1.54) is 12.1 Å². The van der Waals surface area contributed by atoms with E-state index in [1.807, 2.05) is 27.7 Å². The molecule has 1 saturated heterocycles. The van der Waals surface area contributed by atoms with Gasteiger partial charge in [-0.3, -0.25) is 8.80 Å². The number of aliphatic hydroxyl groups excluding tert-OH is 2. The van der Waals surface area contributed by atoms with E-state index < -0.39 is 23.5 Å². The van der Waals surface area contributed by atoms with Crippen molar-refractivity contribution < 1.29 is 45.9 Å². The second-order valence-corrected chi connectivity index (χ2v) is 14.8. The molecule has 20 heteroatoms. The molecule has 1 aliphatic rings. The summed E-state index contributed by atoms with van der Waals surface area (Å²) in [7, 11) is -0.250. The van der Waals surface area contributed by atoms with Gasteiger partial charge >= 0.3 is 19.5 Å². The van der Waals surface area contributed by atoms with Gasteiger partial charge in [-0.15, -0.1) is 6.58 Å². The molecule has 4 N–H and O–H groups in total. The zero-order valence-electron chi connectivity index (χ0n) is 32.0. The van der Waals surface area contributed by atoms with Gasteiger partial charge < -0.3 is 30.2 Å². The molecule has 58 heavy (non-hydrogen) atoms. The summed E-state index contributed by atoms with van der Waals surface area (Å²) in [6, 6.07) is 6.83. The van der Waals surface area contributed by atoms with Crippen molar-refractivity contribution in [2.75, 3.05) is 36.9 Å². The highest BCUT2D eigenvalue weighted by atomic mass is 79.9. The van der Waals surface area contributed by atoms with Crippen LogP contribution in [0.2, 0.25) is 0 Å². The molecule has 0 atom stereocenters. The average molecular weight is 880 g/mol. The Morgan fingerprint density at radius 2 is 1.21 bits per heavy atom. The minimum Gasteiger partial charge on any atom is -0.400 e. The third-order valence-electron chi connectivity index (χ3n) is 9.41. The number of hydrogen-bond acceptors (Lipinski definition) is 10. The Hall–Kier alpha value is -4.76. The molecule has 0 saturated carbocycles. The Morgan fingerprint density at radius 3 is 1.62 bits per heavy atom. The number of aromatic nitrogens is 6. The van der Waals surface area contributed by atoms with Crippen LogP contribution in [0.15, 0.2) is 72.5 Å². The number of nitrogens with zero attached hydrogens (tertiary/aromatic N) is 6. The fraction of sp³-hybridized carbons (Fsp3) is 0.368. The molecule has 2 aromatic carbocycles. The SMILES string of the molecule is C=CB1OC(C)(C)C(C)(C)O1.C=Cc1cnc2c(NCCCO)nc3cc(C(F)(F)F)ccc3n12.OCCCNc1nc2cc(C(F)(F)F)ccc2n2c(Br)cnc12. The molecule has 0 radical (unpaired) electrons. The third-order valence-corrected chi connectivity index (χ3v) is 9.97. The number of nitrogens with one attached hydrogen (secondary N) is 2. The first-order valence-electron chi connectivity index (χ1n) is 18.0. The molecule has 0 aliphatic carbocycles. The number of fused-ring (bicyclic) bond motifs is 6. The number of benzene rings is 2. The molecule has 0 unspecified atom stereocenters. The third kappa shape index (κ3) is 9.57. The Morgan fingerprint density at radius 1 is 0.759 bits per heavy atom. The molecular formula is C38H42BBrF6N8O4. The van der Waals surface area contributed by atoms with Crippen LogP contribution in [-0.2, 0) is 21.7 Å². The minimum atomic E-state index is -4.44. The monoisotopic (exact) mass is 878 g/mol. The van der Waals surface area contributed by atoms with Crippen molar-refractivity contribution in [2.45, 2.75) is 64.1 Å². The van der Waals surface area contributed by atoms with Gasteiger partial charge in [0.1, 0.15) is 4.60 Å². The van der Waals surface area contributed by atoms with E-state index in [4.69, 9.17) is 19.5 Å². The molecule has 0 bridgehead atoms. The maximum absolute atomic E-state index is 13.0. The predicted octanol–water partition coefficient (Wildman–Crippen LogP) is 8.60. The normalized spacial score (nSPS) is 14.9. The fourth-order valence-corrected chi connectivity index (χ4v) is 6.21. The Balaban J connectivity index is 0.000000177.